The largest absolute Gasteiger partial charge is 0.287 e. The van der Waals surface area contributed by atoms with E-state index in [-0.39, 0.29) is 10.6 Å². The molecular formula is C6H7ClN4O. The summed E-state index contributed by atoms with van der Waals surface area (Å²) in [6, 6.07) is 0. The molecule has 6 heteroatoms. The lowest BCUT2D eigenvalue weighted by molar-refractivity contribution is 0.708. The Morgan fingerprint density at radius 1 is 1.83 bits per heavy atom. The van der Waals surface area contributed by atoms with Gasteiger partial charge in [-0.1, -0.05) is 11.6 Å². The van der Waals surface area contributed by atoms with Gasteiger partial charge in [0.25, 0.3) is 5.56 Å². The quantitative estimate of drug-likeness (QED) is 0.539. The summed E-state index contributed by atoms with van der Waals surface area (Å²) in [7, 11) is 1.51. The molecule has 0 saturated carbocycles. The van der Waals surface area contributed by atoms with Gasteiger partial charge in [0, 0.05) is 13.8 Å². The zero-order valence-corrected chi connectivity index (χ0v) is 7.17. The first-order valence-electron chi connectivity index (χ1n) is 3.10. The van der Waals surface area contributed by atoms with Crippen molar-refractivity contribution in [3.63, 3.8) is 0 Å². The molecule has 0 bridgehead atoms. The Morgan fingerprint density at radius 2 is 2.50 bits per heavy atom. The molecule has 1 heterocycles. The van der Waals surface area contributed by atoms with Gasteiger partial charge in [-0.3, -0.25) is 10.2 Å². The number of hydrogen-bond donors (Lipinski definition) is 1. The number of rotatable bonds is 2. The van der Waals surface area contributed by atoms with Crippen LogP contribution in [0.4, 0.5) is 5.69 Å². The van der Waals surface area contributed by atoms with Gasteiger partial charge in [0.1, 0.15) is 10.7 Å². The van der Waals surface area contributed by atoms with Gasteiger partial charge in [-0.25, -0.2) is 4.68 Å². The van der Waals surface area contributed by atoms with Crippen molar-refractivity contribution >= 4 is 24.0 Å². The molecular weight excluding hydrogens is 180 g/mol. The number of halogens is 1. The highest BCUT2D eigenvalue weighted by Crippen LogP contribution is 2.13. The third-order valence-electron chi connectivity index (χ3n) is 1.28. The minimum absolute atomic E-state index is 0.0555. The Morgan fingerprint density at radius 3 is 3.08 bits per heavy atom. The van der Waals surface area contributed by atoms with Crippen LogP contribution in [0.25, 0.3) is 0 Å². The Balaban J connectivity index is 3.26. The van der Waals surface area contributed by atoms with Gasteiger partial charge >= 0.3 is 0 Å². The minimum Gasteiger partial charge on any atom is -0.276 e. The van der Waals surface area contributed by atoms with Crippen LogP contribution >= 0.6 is 11.6 Å². The van der Waals surface area contributed by atoms with Gasteiger partial charge in [0.05, 0.1) is 6.20 Å². The van der Waals surface area contributed by atoms with Crippen molar-refractivity contribution in [3.8, 4) is 0 Å². The second-order valence-corrected chi connectivity index (χ2v) is 2.45. The Bertz CT molecular complexity index is 359. The van der Waals surface area contributed by atoms with Crippen molar-refractivity contribution in [2.75, 3.05) is 5.43 Å². The van der Waals surface area contributed by atoms with E-state index in [0.717, 1.165) is 4.68 Å². The van der Waals surface area contributed by atoms with Gasteiger partial charge in [-0.05, 0) is 0 Å². The highest BCUT2D eigenvalue weighted by atomic mass is 35.5. The maximum atomic E-state index is 11.1. The molecule has 1 rings (SSSR count). The standard InChI is InChI=1S/C6H7ClN4O/c1-8-10-4-3-9-11(2)6(12)5(4)7/h3,10H,1H2,2H3. The molecule has 1 aromatic heterocycles. The molecule has 0 saturated heterocycles. The number of aromatic nitrogens is 2. The fraction of sp³-hybridized carbons (Fsp3) is 0.167. The molecule has 1 N–H and O–H groups in total. The monoisotopic (exact) mass is 186 g/mol. The lowest BCUT2D eigenvalue weighted by atomic mass is 10.5. The maximum absolute atomic E-state index is 11.1. The topological polar surface area (TPSA) is 59.3 Å². The van der Waals surface area contributed by atoms with Gasteiger partial charge in [0.2, 0.25) is 0 Å². The molecule has 0 amide bonds. The first kappa shape index (κ1) is 8.73. The number of hydrazone groups is 1. The molecule has 0 aliphatic heterocycles. The first-order chi connectivity index (χ1) is 5.66. The highest BCUT2D eigenvalue weighted by molar-refractivity contribution is 6.32. The molecule has 0 fully saturated rings. The second-order valence-electron chi connectivity index (χ2n) is 2.07. The van der Waals surface area contributed by atoms with E-state index in [1.807, 2.05) is 0 Å². The van der Waals surface area contributed by atoms with E-state index in [2.05, 4.69) is 22.3 Å². The zero-order chi connectivity index (χ0) is 9.14. The van der Waals surface area contributed by atoms with Crippen LogP contribution in [-0.4, -0.2) is 16.5 Å². The van der Waals surface area contributed by atoms with Crippen LogP contribution in [0.1, 0.15) is 0 Å². The third kappa shape index (κ3) is 1.45. The van der Waals surface area contributed by atoms with E-state index in [0.29, 0.717) is 5.69 Å². The SMILES string of the molecule is C=NNc1cnn(C)c(=O)c1Cl. The van der Waals surface area contributed by atoms with Crippen molar-refractivity contribution in [3.05, 3.63) is 21.6 Å². The summed E-state index contributed by atoms with van der Waals surface area (Å²) in [5.74, 6) is 0. The fourth-order valence-corrected chi connectivity index (χ4v) is 0.887. The summed E-state index contributed by atoms with van der Waals surface area (Å²) in [5, 5.41) is 7.15. The van der Waals surface area contributed by atoms with E-state index in [1.54, 1.807) is 0 Å². The average molecular weight is 187 g/mol. The zero-order valence-electron chi connectivity index (χ0n) is 6.41. The van der Waals surface area contributed by atoms with Crippen molar-refractivity contribution in [1.29, 1.82) is 0 Å². The van der Waals surface area contributed by atoms with Crippen molar-refractivity contribution in [2.45, 2.75) is 0 Å². The lowest BCUT2D eigenvalue weighted by Crippen LogP contribution is -2.20. The summed E-state index contributed by atoms with van der Waals surface area (Å²) in [6.07, 6.45) is 1.40. The molecule has 12 heavy (non-hydrogen) atoms. The number of hydrogen-bond acceptors (Lipinski definition) is 4. The molecule has 5 nitrogen and oxygen atoms in total. The van der Waals surface area contributed by atoms with Crippen LogP contribution in [0.2, 0.25) is 5.02 Å². The van der Waals surface area contributed by atoms with Crippen LogP contribution < -0.4 is 11.0 Å². The summed E-state index contributed by atoms with van der Waals surface area (Å²) in [6.45, 7) is 3.19. The van der Waals surface area contributed by atoms with Gasteiger partial charge < -0.3 is 0 Å². The van der Waals surface area contributed by atoms with Crippen LogP contribution in [0, 0.1) is 0 Å². The van der Waals surface area contributed by atoms with Crippen LogP contribution in [0.5, 0.6) is 0 Å². The minimum atomic E-state index is -0.370. The second kappa shape index (κ2) is 3.36. The molecule has 0 aromatic carbocycles. The number of nitrogens with zero attached hydrogens (tertiary/aromatic N) is 3. The first-order valence-corrected chi connectivity index (χ1v) is 3.48. The van der Waals surface area contributed by atoms with E-state index >= 15 is 0 Å². The smallest absolute Gasteiger partial charge is 0.276 e. The Labute approximate surface area is 73.7 Å². The average Bonchev–Trinajstić information content (AvgIpc) is 2.07. The van der Waals surface area contributed by atoms with Crippen molar-refractivity contribution in [1.82, 2.24) is 9.78 Å². The highest BCUT2D eigenvalue weighted by Gasteiger charge is 2.05. The molecule has 0 aliphatic rings. The lowest BCUT2D eigenvalue weighted by Gasteiger charge is -2.02. The van der Waals surface area contributed by atoms with E-state index in [9.17, 15) is 4.79 Å². The van der Waals surface area contributed by atoms with E-state index < -0.39 is 0 Å². The predicted octanol–water partition coefficient (Wildman–Crippen LogP) is 0.461. The predicted molar refractivity (Wildman–Crippen MR) is 47.7 cm³/mol. The number of nitrogens with one attached hydrogen (secondary N) is 1. The van der Waals surface area contributed by atoms with Gasteiger partial charge in [0.15, 0.2) is 0 Å². The van der Waals surface area contributed by atoms with Gasteiger partial charge in [-0.2, -0.15) is 10.2 Å². The Hall–Kier alpha value is -1.36. The summed E-state index contributed by atoms with van der Waals surface area (Å²) in [5.41, 5.74) is 2.44. The fourth-order valence-electron chi connectivity index (χ4n) is 0.674. The molecule has 0 radical (unpaired) electrons. The van der Waals surface area contributed by atoms with Gasteiger partial charge in [-0.15, -0.1) is 0 Å². The number of anilines is 1. The molecule has 0 unspecified atom stereocenters. The van der Waals surface area contributed by atoms with Crippen LogP contribution in [0.3, 0.4) is 0 Å². The van der Waals surface area contributed by atoms with Crippen LogP contribution in [-0.2, 0) is 7.05 Å². The van der Waals surface area contributed by atoms with Crippen LogP contribution in [0.15, 0.2) is 16.1 Å². The van der Waals surface area contributed by atoms with Crippen molar-refractivity contribution < 1.29 is 0 Å². The molecule has 0 spiro atoms. The Kier molecular flexibility index (Phi) is 2.44. The number of aryl methyl sites for hydroxylation is 1. The van der Waals surface area contributed by atoms with Crippen molar-refractivity contribution in [2.24, 2.45) is 12.1 Å². The maximum Gasteiger partial charge on any atom is 0.287 e. The molecule has 64 valence electrons. The summed E-state index contributed by atoms with van der Waals surface area (Å²) >= 11 is 5.65. The van der Waals surface area contributed by atoms with E-state index in [1.165, 1.54) is 13.2 Å². The van der Waals surface area contributed by atoms with E-state index in [4.69, 9.17) is 11.6 Å². The normalized spacial score (nSPS) is 9.50. The molecule has 0 atom stereocenters. The summed E-state index contributed by atoms with van der Waals surface area (Å²) < 4.78 is 1.14. The molecule has 0 aliphatic carbocycles. The molecule has 1 aromatic rings. The summed E-state index contributed by atoms with van der Waals surface area (Å²) in [4.78, 5) is 11.1. The third-order valence-corrected chi connectivity index (χ3v) is 1.64.